The lowest BCUT2D eigenvalue weighted by Gasteiger charge is -2.09. The minimum Gasteiger partial charge on any atom is -0.508 e. The number of fused-ring (bicyclic) bond motifs is 1. The van der Waals surface area contributed by atoms with Crippen LogP contribution in [0.15, 0.2) is 46.9 Å². The average molecular weight is 288 g/mol. The van der Waals surface area contributed by atoms with E-state index in [1.807, 2.05) is 37.3 Å². The van der Waals surface area contributed by atoms with Crippen LogP contribution in [0.1, 0.15) is 11.1 Å². The molecule has 1 heterocycles. The lowest BCUT2D eigenvalue weighted by Crippen LogP contribution is -2.00. The third kappa shape index (κ3) is 2.32. The number of anilines is 1. The number of benzene rings is 2. The number of aryl methyl sites for hydroxylation is 1. The van der Waals surface area contributed by atoms with Gasteiger partial charge in [-0.15, -0.1) is 0 Å². The number of aromatic hydroxyl groups is 1. The molecule has 0 unspecified atom stereocenters. The zero-order chi connectivity index (χ0) is 14.1. The Morgan fingerprint density at radius 1 is 1.20 bits per heavy atom. The van der Waals surface area contributed by atoms with Crippen molar-refractivity contribution in [3.05, 3.63) is 58.8 Å². The van der Waals surface area contributed by atoms with E-state index in [1.165, 1.54) is 0 Å². The van der Waals surface area contributed by atoms with Crippen LogP contribution < -0.4 is 5.32 Å². The van der Waals surface area contributed by atoms with Crippen molar-refractivity contribution in [3.8, 4) is 5.75 Å². The van der Waals surface area contributed by atoms with Gasteiger partial charge in [-0.3, -0.25) is 0 Å². The van der Waals surface area contributed by atoms with Gasteiger partial charge in [-0.25, -0.2) is 0 Å². The standard InChI is InChI=1S/C16H14ClNO2/c1-10-8-11(19)6-7-14(10)18-9-13-12-4-2-3-5-15(12)20-16(13)17/h2-8,18-19H,9H2,1H3. The van der Waals surface area contributed by atoms with Crippen molar-refractivity contribution in [2.24, 2.45) is 0 Å². The first-order chi connectivity index (χ1) is 9.65. The number of halogens is 1. The first-order valence-corrected chi connectivity index (χ1v) is 6.72. The lowest BCUT2D eigenvalue weighted by molar-refractivity contribution is 0.475. The Balaban J connectivity index is 1.88. The van der Waals surface area contributed by atoms with Crippen molar-refractivity contribution in [1.82, 2.24) is 0 Å². The quantitative estimate of drug-likeness (QED) is 0.686. The number of hydrogen-bond acceptors (Lipinski definition) is 3. The van der Waals surface area contributed by atoms with E-state index in [-0.39, 0.29) is 5.75 Å². The Kier molecular flexibility index (Phi) is 3.28. The summed E-state index contributed by atoms with van der Waals surface area (Å²) in [6.07, 6.45) is 0. The molecule has 2 aromatic carbocycles. The maximum absolute atomic E-state index is 9.41. The molecule has 0 fully saturated rings. The van der Waals surface area contributed by atoms with Gasteiger partial charge in [-0.1, -0.05) is 18.2 Å². The summed E-state index contributed by atoms with van der Waals surface area (Å²) in [5, 5.41) is 14.2. The van der Waals surface area contributed by atoms with Crippen LogP contribution in [-0.4, -0.2) is 5.11 Å². The Morgan fingerprint density at radius 3 is 2.80 bits per heavy atom. The number of hydrogen-bond donors (Lipinski definition) is 2. The molecular weight excluding hydrogens is 274 g/mol. The summed E-state index contributed by atoms with van der Waals surface area (Å²) in [4.78, 5) is 0. The summed E-state index contributed by atoms with van der Waals surface area (Å²) >= 11 is 6.15. The smallest absolute Gasteiger partial charge is 0.199 e. The highest BCUT2D eigenvalue weighted by molar-refractivity contribution is 6.30. The second kappa shape index (κ2) is 5.10. The monoisotopic (exact) mass is 287 g/mol. The first kappa shape index (κ1) is 12.9. The molecule has 3 rings (SSSR count). The molecule has 0 atom stereocenters. The van der Waals surface area contributed by atoms with Crippen LogP contribution in [0.2, 0.25) is 5.22 Å². The van der Waals surface area contributed by atoms with Crippen LogP contribution in [0.25, 0.3) is 11.0 Å². The van der Waals surface area contributed by atoms with Crippen molar-refractivity contribution in [2.75, 3.05) is 5.32 Å². The van der Waals surface area contributed by atoms with Crippen molar-refractivity contribution < 1.29 is 9.52 Å². The fraction of sp³-hybridized carbons (Fsp3) is 0.125. The van der Waals surface area contributed by atoms with Crippen molar-refractivity contribution in [1.29, 1.82) is 0 Å². The summed E-state index contributed by atoms with van der Waals surface area (Å²) in [5.41, 5.74) is 3.67. The lowest BCUT2D eigenvalue weighted by atomic mass is 10.1. The normalized spacial score (nSPS) is 10.9. The Labute approximate surface area is 121 Å². The number of nitrogens with one attached hydrogen (secondary N) is 1. The van der Waals surface area contributed by atoms with Gasteiger partial charge in [0.2, 0.25) is 0 Å². The summed E-state index contributed by atoms with van der Waals surface area (Å²) < 4.78 is 5.52. The van der Waals surface area contributed by atoms with Gasteiger partial charge in [-0.05, 0) is 48.4 Å². The molecule has 1 aromatic heterocycles. The molecule has 0 saturated carbocycles. The molecule has 4 heteroatoms. The van der Waals surface area contributed by atoms with E-state index >= 15 is 0 Å². The van der Waals surface area contributed by atoms with Crippen LogP contribution in [0.4, 0.5) is 5.69 Å². The van der Waals surface area contributed by atoms with Gasteiger partial charge < -0.3 is 14.8 Å². The van der Waals surface area contributed by atoms with Crippen molar-refractivity contribution >= 4 is 28.3 Å². The molecule has 0 bridgehead atoms. The molecule has 20 heavy (non-hydrogen) atoms. The van der Waals surface area contributed by atoms with E-state index in [2.05, 4.69) is 5.32 Å². The van der Waals surface area contributed by atoms with Gasteiger partial charge in [0, 0.05) is 23.2 Å². The molecular formula is C16H14ClNO2. The second-order valence-electron chi connectivity index (χ2n) is 4.70. The molecule has 0 saturated heterocycles. The van der Waals surface area contributed by atoms with E-state index in [0.717, 1.165) is 27.8 Å². The van der Waals surface area contributed by atoms with Gasteiger partial charge in [0.15, 0.2) is 5.22 Å². The third-order valence-electron chi connectivity index (χ3n) is 3.31. The molecule has 102 valence electrons. The summed E-state index contributed by atoms with van der Waals surface area (Å²) in [7, 11) is 0. The zero-order valence-corrected chi connectivity index (χ0v) is 11.7. The van der Waals surface area contributed by atoms with Crippen LogP contribution in [0.5, 0.6) is 5.75 Å². The van der Waals surface area contributed by atoms with Gasteiger partial charge in [0.1, 0.15) is 11.3 Å². The predicted octanol–water partition coefficient (Wildman–Crippen LogP) is 4.71. The fourth-order valence-electron chi connectivity index (χ4n) is 2.26. The largest absolute Gasteiger partial charge is 0.508 e. The van der Waals surface area contributed by atoms with Crippen molar-refractivity contribution in [3.63, 3.8) is 0 Å². The summed E-state index contributed by atoms with van der Waals surface area (Å²) in [6, 6.07) is 13.0. The molecule has 0 aliphatic carbocycles. The molecule has 0 aliphatic heterocycles. The minimum absolute atomic E-state index is 0.264. The SMILES string of the molecule is Cc1cc(O)ccc1NCc1c(Cl)oc2ccccc12. The number of para-hydroxylation sites is 1. The number of phenolic OH excluding ortho intramolecular Hbond substituents is 1. The number of phenols is 1. The highest BCUT2D eigenvalue weighted by atomic mass is 35.5. The first-order valence-electron chi connectivity index (χ1n) is 6.34. The van der Waals surface area contributed by atoms with Crippen LogP contribution in [0.3, 0.4) is 0 Å². The van der Waals surface area contributed by atoms with Crippen LogP contribution in [-0.2, 0) is 6.54 Å². The molecule has 3 nitrogen and oxygen atoms in total. The summed E-state index contributed by atoms with van der Waals surface area (Å²) in [5.74, 6) is 0.264. The highest BCUT2D eigenvalue weighted by Gasteiger charge is 2.12. The molecule has 3 aromatic rings. The molecule has 0 aliphatic rings. The third-order valence-corrected chi connectivity index (χ3v) is 3.62. The number of furan rings is 1. The topological polar surface area (TPSA) is 45.4 Å². The van der Waals surface area contributed by atoms with Crippen LogP contribution >= 0.6 is 11.6 Å². The van der Waals surface area contributed by atoms with Gasteiger partial charge in [0.25, 0.3) is 0 Å². The predicted molar refractivity (Wildman–Crippen MR) is 81.4 cm³/mol. The van der Waals surface area contributed by atoms with E-state index in [0.29, 0.717) is 11.8 Å². The van der Waals surface area contributed by atoms with E-state index in [4.69, 9.17) is 16.0 Å². The Bertz CT molecular complexity index is 764. The Hall–Kier alpha value is -2.13. The average Bonchev–Trinajstić information content (AvgIpc) is 2.74. The fourth-order valence-corrected chi connectivity index (χ4v) is 2.52. The summed E-state index contributed by atoms with van der Waals surface area (Å²) in [6.45, 7) is 2.51. The minimum atomic E-state index is 0.264. The van der Waals surface area contributed by atoms with Crippen molar-refractivity contribution in [2.45, 2.75) is 13.5 Å². The van der Waals surface area contributed by atoms with E-state index in [9.17, 15) is 5.11 Å². The molecule has 0 radical (unpaired) electrons. The second-order valence-corrected chi connectivity index (χ2v) is 5.05. The maximum atomic E-state index is 9.41. The van der Waals surface area contributed by atoms with Gasteiger partial charge in [-0.2, -0.15) is 0 Å². The highest BCUT2D eigenvalue weighted by Crippen LogP contribution is 2.30. The van der Waals surface area contributed by atoms with Crippen LogP contribution in [0, 0.1) is 6.92 Å². The Morgan fingerprint density at radius 2 is 2.00 bits per heavy atom. The molecule has 0 spiro atoms. The van der Waals surface area contributed by atoms with E-state index in [1.54, 1.807) is 12.1 Å². The van der Waals surface area contributed by atoms with Gasteiger partial charge in [0.05, 0.1) is 0 Å². The maximum Gasteiger partial charge on any atom is 0.199 e. The number of rotatable bonds is 3. The molecule has 0 amide bonds. The molecule has 2 N–H and O–H groups in total. The zero-order valence-electron chi connectivity index (χ0n) is 11.0. The van der Waals surface area contributed by atoms with Gasteiger partial charge >= 0.3 is 0 Å². The van der Waals surface area contributed by atoms with E-state index < -0.39 is 0 Å².